The zero-order valence-electron chi connectivity index (χ0n) is 16.6. The van der Waals surface area contributed by atoms with E-state index in [1.165, 1.54) is 37.3 Å². The molecule has 0 N–H and O–H groups in total. The fourth-order valence-corrected chi connectivity index (χ4v) is 4.37. The summed E-state index contributed by atoms with van der Waals surface area (Å²) in [5.74, 6) is -5.72. The minimum absolute atomic E-state index is 0.0514. The van der Waals surface area contributed by atoms with E-state index in [1.54, 1.807) is 12.1 Å². The highest BCUT2D eigenvalue weighted by atomic mass is 19.3. The molecule has 30 heavy (non-hydrogen) atoms. The zero-order valence-corrected chi connectivity index (χ0v) is 16.6. The van der Waals surface area contributed by atoms with Crippen LogP contribution in [0.15, 0.2) is 42.5 Å². The van der Waals surface area contributed by atoms with Gasteiger partial charge in [0.05, 0.1) is 6.54 Å². The second-order valence-electron chi connectivity index (χ2n) is 8.08. The van der Waals surface area contributed by atoms with E-state index in [0.717, 1.165) is 4.90 Å². The molecule has 7 heteroatoms. The van der Waals surface area contributed by atoms with E-state index < -0.39 is 48.1 Å². The van der Waals surface area contributed by atoms with Gasteiger partial charge in [0.15, 0.2) is 0 Å². The van der Waals surface area contributed by atoms with Gasteiger partial charge in [-0.1, -0.05) is 37.3 Å². The SMILES string of the molecule is C[C@@H]1[C@H](Cc2cccc(-c3cccc(F)c3)c2F)N(C(=O)[C@H]2CCCO2)CC1(F)F. The van der Waals surface area contributed by atoms with Crippen molar-refractivity contribution in [2.45, 2.75) is 44.3 Å². The third-order valence-electron chi connectivity index (χ3n) is 6.16. The Labute approximate surface area is 172 Å². The average molecular weight is 421 g/mol. The van der Waals surface area contributed by atoms with Gasteiger partial charge >= 0.3 is 0 Å². The molecule has 0 radical (unpaired) electrons. The van der Waals surface area contributed by atoms with Crippen LogP contribution in [0.4, 0.5) is 17.6 Å². The largest absolute Gasteiger partial charge is 0.368 e. The third kappa shape index (κ3) is 3.83. The topological polar surface area (TPSA) is 29.5 Å². The molecule has 0 saturated carbocycles. The number of rotatable bonds is 4. The zero-order chi connectivity index (χ0) is 21.5. The van der Waals surface area contributed by atoms with Crippen molar-refractivity contribution in [2.24, 2.45) is 5.92 Å². The fourth-order valence-electron chi connectivity index (χ4n) is 4.37. The molecule has 0 aliphatic carbocycles. The van der Waals surface area contributed by atoms with Crippen LogP contribution in [0.3, 0.4) is 0 Å². The van der Waals surface area contributed by atoms with Gasteiger partial charge < -0.3 is 9.64 Å². The van der Waals surface area contributed by atoms with Crippen LogP contribution in [-0.4, -0.2) is 42.0 Å². The molecule has 0 bridgehead atoms. The number of likely N-dealkylation sites (tertiary alicyclic amines) is 1. The summed E-state index contributed by atoms with van der Waals surface area (Å²) >= 11 is 0. The minimum Gasteiger partial charge on any atom is -0.368 e. The van der Waals surface area contributed by atoms with Crippen LogP contribution in [0.2, 0.25) is 0 Å². The van der Waals surface area contributed by atoms with E-state index in [2.05, 4.69) is 0 Å². The van der Waals surface area contributed by atoms with Gasteiger partial charge in [-0.25, -0.2) is 17.6 Å². The summed E-state index contributed by atoms with van der Waals surface area (Å²) < 4.78 is 63.2. The Morgan fingerprint density at radius 1 is 1.20 bits per heavy atom. The highest BCUT2D eigenvalue weighted by Gasteiger charge is 2.54. The molecule has 0 spiro atoms. The molecular weight excluding hydrogens is 398 g/mol. The number of hydrogen-bond acceptors (Lipinski definition) is 2. The van der Waals surface area contributed by atoms with Crippen molar-refractivity contribution >= 4 is 5.91 Å². The number of halogens is 4. The molecule has 2 aromatic carbocycles. The van der Waals surface area contributed by atoms with E-state index in [-0.39, 0.29) is 17.5 Å². The second kappa shape index (κ2) is 8.02. The Balaban J connectivity index is 1.64. The number of carbonyl (C=O) groups is 1. The van der Waals surface area contributed by atoms with Crippen molar-refractivity contribution < 1.29 is 27.1 Å². The first-order valence-corrected chi connectivity index (χ1v) is 10.1. The quantitative estimate of drug-likeness (QED) is 0.662. The standard InChI is InChI=1S/C23H23F4NO2/c1-14-19(28(13-23(14,26)27)22(29)20-9-4-10-30-20)12-16-6-3-8-18(21(16)25)15-5-2-7-17(24)11-15/h2-3,5-8,11,14,19-20H,4,9-10,12-13H2,1H3/t14-,19+,20-/m1/s1. The number of hydrogen-bond donors (Lipinski definition) is 0. The van der Waals surface area contributed by atoms with Crippen molar-refractivity contribution in [2.75, 3.05) is 13.2 Å². The summed E-state index contributed by atoms with van der Waals surface area (Å²) in [5, 5.41) is 0. The number of benzene rings is 2. The lowest BCUT2D eigenvalue weighted by atomic mass is 9.91. The lowest BCUT2D eigenvalue weighted by Crippen LogP contribution is -2.44. The summed E-state index contributed by atoms with van der Waals surface area (Å²) in [7, 11) is 0. The number of alkyl halides is 2. The maximum Gasteiger partial charge on any atom is 0.269 e. The van der Waals surface area contributed by atoms with Crippen LogP contribution >= 0.6 is 0 Å². The van der Waals surface area contributed by atoms with Gasteiger partial charge in [0.25, 0.3) is 11.8 Å². The highest BCUT2D eigenvalue weighted by molar-refractivity contribution is 5.82. The maximum atomic E-state index is 15.3. The predicted octanol–water partition coefficient (Wildman–Crippen LogP) is 4.84. The number of amides is 1. The van der Waals surface area contributed by atoms with Crippen LogP contribution in [-0.2, 0) is 16.0 Å². The fraction of sp³-hybridized carbons (Fsp3) is 0.435. The molecule has 2 aliphatic rings. The second-order valence-corrected chi connectivity index (χ2v) is 8.08. The molecule has 2 aromatic rings. The normalized spacial score (nSPS) is 25.6. The van der Waals surface area contributed by atoms with Crippen LogP contribution < -0.4 is 0 Å². The minimum atomic E-state index is -3.06. The molecule has 2 saturated heterocycles. The van der Waals surface area contributed by atoms with Gasteiger partial charge in [-0.05, 0) is 42.5 Å². The van der Waals surface area contributed by atoms with Gasteiger partial charge in [0.1, 0.15) is 17.7 Å². The Hall–Kier alpha value is -2.41. The molecule has 160 valence electrons. The number of carbonyl (C=O) groups excluding carboxylic acids is 1. The van der Waals surface area contributed by atoms with Crippen LogP contribution in [0.1, 0.15) is 25.3 Å². The Morgan fingerprint density at radius 2 is 1.97 bits per heavy atom. The molecule has 3 atom stereocenters. The summed E-state index contributed by atoms with van der Waals surface area (Å²) in [6, 6.07) is 9.37. The first-order chi connectivity index (χ1) is 14.3. The molecule has 2 heterocycles. The van der Waals surface area contributed by atoms with Crippen molar-refractivity contribution in [3.05, 3.63) is 59.7 Å². The lowest BCUT2D eigenvalue weighted by Gasteiger charge is -2.28. The molecule has 3 nitrogen and oxygen atoms in total. The molecular formula is C23H23F4NO2. The van der Waals surface area contributed by atoms with Crippen LogP contribution in [0.25, 0.3) is 11.1 Å². The van der Waals surface area contributed by atoms with Crippen molar-refractivity contribution in [3.8, 4) is 11.1 Å². The van der Waals surface area contributed by atoms with Crippen molar-refractivity contribution in [1.29, 1.82) is 0 Å². The van der Waals surface area contributed by atoms with Gasteiger partial charge in [0, 0.05) is 24.1 Å². The first kappa shape index (κ1) is 20.8. The first-order valence-electron chi connectivity index (χ1n) is 10.1. The van der Waals surface area contributed by atoms with Gasteiger partial charge in [0.2, 0.25) is 0 Å². The van der Waals surface area contributed by atoms with Gasteiger partial charge in [-0.15, -0.1) is 0 Å². The molecule has 2 aliphatic heterocycles. The van der Waals surface area contributed by atoms with E-state index >= 15 is 4.39 Å². The Bertz CT molecular complexity index is 943. The van der Waals surface area contributed by atoms with E-state index in [4.69, 9.17) is 4.74 Å². The maximum absolute atomic E-state index is 15.3. The predicted molar refractivity (Wildman–Crippen MR) is 104 cm³/mol. The molecule has 1 amide bonds. The smallest absolute Gasteiger partial charge is 0.269 e. The molecule has 4 rings (SSSR count). The van der Waals surface area contributed by atoms with E-state index in [9.17, 15) is 18.0 Å². The highest BCUT2D eigenvalue weighted by Crippen LogP contribution is 2.40. The number of ether oxygens (including phenoxy) is 1. The summed E-state index contributed by atoms with van der Waals surface area (Å²) in [6.45, 7) is 1.13. The molecule has 2 fully saturated rings. The third-order valence-corrected chi connectivity index (χ3v) is 6.16. The van der Waals surface area contributed by atoms with Crippen LogP contribution in [0.5, 0.6) is 0 Å². The van der Waals surface area contributed by atoms with Crippen molar-refractivity contribution in [3.63, 3.8) is 0 Å². The van der Waals surface area contributed by atoms with Gasteiger partial charge in [-0.3, -0.25) is 4.79 Å². The molecule has 0 aromatic heterocycles. The van der Waals surface area contributed by atoms with Gasteiger partial charge in [-0.2, -0.15) is 0 Å². The molecule has 0 unspecified atom stereocenters. The van der Waals surface area contributed by atoms with Crippen molar-refractivity contribution in [1.82, 2.24) is 4.90 Å². The summed E-state index contributed by atoms with van der Waals surface area (Å²) in [5.41, 5.74) is 0.782. The summed E-state index contributed by atoms with van der Waals surface area (Å²) in [4.78, 5) is 14.0. The lowest BCUT2D eigenvalue weighted by molar-refractivity contribution is -0.143. The Morgan fingerprint density at radius 3 is 2.67 bits per heavy atom. The summed E-state index contributed by atoms with van der Waals surface area (Å²) in [6.07, 6.45) is 0.456. The Kier molecular flexibility index (Phi) is 5.57. The van der Waals surface area contributed by atoms with E-state index in [0.29, 0.717) is 25.0 Å². The van der Waals surface area contributed by atoms with Crippen LogP contribution in [0, 0.1) is 17.6 Å². The number of nitrogens with zero attached hydrogens (tertiary/aromatic N) is 1. The van der Waals surface area contributed by atoms with E-state index in [1.807, 2.05) is 0 Å². The average Bonchev–Trinajstić information content (AvgIpc) is 3.32. The monoisotopic (exact) mass is 421 g/mol.